The Morgan fingerprint density at radius 1 is 1.12 bits per heavy atom. The van der Waals surface area contributed by atoms with Crippen molar-refractivity contribution in [3.05, 3.63) is 59.2 Å². The van der Waals surface area contributed by atoms with E-state index in [1.807, 2.05) is 0 Å². The molecule has 178 valence electrons. The Kier molecular flexibility index (Phi) is 5.88. The summed E-state index contributed by atoms with van der Waals surface area (Å²) < 4.78 is 100. The normalized spacial score (nSPS) is 24.1. The Labute approximate surface area is 187 Å². The third-order valence-electron chi connectivity index (χ3n) is 6.13. The SMILES string of the molecule is CCO/N=C1/CC[C@@]2(S(=O)(=O)c3ccc(C(F)(F)F)cc3)c3c(F)ccc(F)c3OC[C@H]2C1. The third kappa shape index (κ3) is 3.75. The van der Waals surface area contributed by atoms with Gasteiger partial charge < -0.3 is 9.57 Å². The van der Waals surface area contributed by atoms with Crippen molar-refractivity contribution < 1.29 is 39.9 Å². The molecule has 0 radical (unpaired) electrons. The summed E-state index contributed by atoms with van der Waals surface area (Å²) >= 11 is 0. The zero-order chi connectivity index (χ0) is 24.0. The summed E-state index contributed by atoms with van der Waals surface area (Å²) in [7, 11) is -4.49. The minimum absolute atomic E-state index is 0.0786. The third-order valence-corrected chi connectivity index (χ3v) is 8.72. The fourth-order valence-electron chi connectivity index (χ4n) is 4.62. The lowest BCUT2D eigenvalue weighted by Crippen LogP contribution is -2.52. The maximum atomic E-state index is 15.1. The summed E-state index contributed by atoms with van der Waals surface area (Å²) in [4.78, 5) is 4.66. The highest BCUT2D eigenvalue weighted by molar-refractivity contribution is 7.92. The molecule has 4 rings (SSSR count). The largest absolute Gasteiger partial charge is 0.490 e. The van der Waals surface area contributed by atoms with Crippen LogP contribution in [0.25, 0.3) is 0 Å². The highest BCUT2D eigenvalue weighted by atomic mass is 32.2. The van der Waals surface area contributed by atoms with Crippen LogP contribution < -0.4 is 4.74 Å². The average Bonchev–Trinajstić information content (AvgIpc) is 2.78. The second kappa shape index (κ2) is 8.27. The van der Waals surface area contributed by atoms with Gasteiger partial charge in [-0.05, 0) is 62.6 Å². The van der Waals surface area contributed by atoms with Gasteiger partial charge in [0.05, 0.1) is 28.3 Å². The number of sulfone groups is 1. The number of alkyl halides is 3. The molecule has 0 bridgehead atoms. The van der Waals surface area contributed by atoms with Crippen molar-refractivity contribution in [3.63, 3.8) is 0 Å². The van der Waals surface area contributed by atoms with Crippen molar-refractivity contribution in [2.45, 2.75) is 42.0 Å². The van der Waals surface area contributed by atoms with E-state index in [9.17, 15) is 26.0 Å². The highest BCUT2D eigenvalue weighted by Gasteiger charge is 2.59. The van der Waals surface area contributed by atoms with Crippen molar-refractivity contribution in [1.29, 1.82) is 0 Å². The molecule has 0 amide bonds. The van der Waals surface area contributed by atoms with Gasteiger partial charge in [0, 0.05) is 5.92 Å². The average molecular weight is 489 g/mol. The van der Waals surface area contributed by atoms with Gasteiger partial charge in [0.15, 0.2) is 21.4 Å². The Hall–Kier alpha value is -2.69. The quantitative estimate of drug-likeness (QED) is 0.436. The highest BCUT2D eigenvalue weighted by Crippen LogP contribution is 2.56. The van der Waals surface area contributed by atoms with Crippen LogP contribution in [0.4, 0.5) is 22.0 Å². The number of fused-ring (bicyclic) bond motifs is 3. The molecule has 0 saturated heterocycles. The van der Waals surface area contributed by atoms with Gasteiger partial charge in [0.1, 0.15) is 17.2 Å². The van der Waals surface area contributed by atoms with E-state index in [2.05, 4.69) is 5.16 Å². The van der Waals surface area contributed by atoms with Gasteiger partial charge in [-0.3, -0.25) is 0 Å². The molecule has 1 aliphatic carbocycles. The fourth-order valence-corrected chi connectivity index (χ4v) is 6.96. The summed E-state index contributed by atoms with van der Waals surface area (Å²) in [5, 5.41) is 3.99. The maximum absolute atomic E-state index is 15.1. The number of ether oxygens (including phenoxy) is 1. The fraction of sp³-hybridized carbons (Fsp3) is 0.409. The minimum atomic E-state index is -4.65. The molecular weight excluding hydrogens is 469 g/mol. The van der Waals surface area contributed by atoms with E-state index in [0.717, 1.165) is 24.3 Å². The number of benzene rings is 2. The van der Waals surface area contributed by atoms with Gasteiger partial charge >= 0.3 is 6.18 Å². The van der Waals surface area contributed by atoms with Crippen LogP contribution >= 0.6 is 0 Å². The lowest BCUT2D eigenvalue weighted by molar-refractivity contribution is -0.137. The van der Waals surface area contributed by atoms with E-state index in [0.29, 0.717) is 24.5 Å². The van der Waals surface area contributed by atoms with Gasteiger partial charge in [-0.1, -0.05) is 5.16 Å². The summed E-state index contributed by atoms with van der Waals surface area (Å²) in [5.74, 6) is -3.23. The van der Waals surface area contributed by atoms with E-state index in [1.54, 1.807) is 6.92 Å². The summed E-state index contributed by atoms with van der Waals surface area (Å²) in [6.07, 6.45) is -4.62. The zero-order valence-corrected chi connectivity index (χ0v) is 18.3. The van der Waals surface area contributed by atoms with Gasteiger partial charge in [-0.2, -0.15) is 13.2 Å². The Bertz CT molecular complexity index is 1190. The van der Waals surface area contributed by atoms with Gasteiger partial charge in [-0.25, -0.2) is 17.2 Å². The Balaban J connectivity index is 1.91. The van der Waals surface area contributed by atoms with E-state index in [-0.39, 0.29) is 25.9 Å². The van der Waals surface area contributed by atoms with Crippen molar-refractivity contribution in [1.82, 2.24) is 0 Å². The summed E-state index contributed by atoms with van der Waals surface area (Å²) in [6.45, 7) is 1.78. The molecule has 2 atom stereocenters. The van der Waals surface area contributed by atoms with Crippen molar-refractivity contribution >= 4 is 15.5 Å². The van der Waals surface area contributed by atoms with Gasteiger partial charge in [0.2, 0.25) is 0 Å². The van der Waals surface area contributed by atoms with Crippen LogP contribution in [-0.2, 0) is 25.6 Å². The topological polar surface area (TPSA) is 65.0 Å². The monoisotopic (exact) mass is 489 g/mol. The van der Waals surface area contributed by atoms with Crippen LogP contribution in [0.3, 0.4) is 0 Å². The predicted octanol–water partition coefficient (Wildman–Crippen LogP) is 5.24. The molecule has 2 aromatic carbocycles. The number of nitrogens with zero attached hydrogens (tertiary/aromatic N) is 1. The molecule has 1 aliphatic heterocycles. The molecule has 0 N–H and O–H groups in total. The van der Waals surface area contributed by atoms with E-state index in [1.165, 1.54) is 0 Å². The smallest absolute Gasteiger partial charge is 0.416 e. The molecule has 2 aromatic rings. The molecule has 1 heterocycles. The van der Waals surface area contributed by atoms with Crippen LogP contribution in [0.1, 0.15) is 37.3 Å². The number of oxime groups is 1. The Morgan fingerprint density at radius 3 is 2.42 bits per heavy atom. The first-order valence-corrected chi connectivity index (χ1v) is 11.7. The number of hydrogen-bond acceptors (Lipinski definition) is 5. The first-order valence-electron chi connectivity index (χ1n) is 10.2. The predicted molar refractivity (Wildman–Crippen MR) is 109 cm³/mol. The second-order valence-corrected chi connectivity index (χ2v) is 10.1. The van der Waals surface area contributed by atoms with E-state index >= 15 is 4.39 Å². The summed E-state index contributed by atoms with van der Waals surface area (Å²) in [6, 6.07) is 4.68. The van der Waals surface area contributed by atoms with E-state index in [4.69, 9.17) is 9.57 Å². The number of rotatable bonds is 4. The first kappa shape index (κ1) is 23.5. The molecule has 11 heteroatoms. The molecule has 5 nitrogen and oxygen atoms in total. The molecule has 2 aliphatic rings. The molecule has 1 saturated carbocycles. The maximum Gasteiger partial charge on any atom is 0.416 e. The lowest BCUT2D eigenvalue weighted by Gasteiger charge is -2.47. The molecule has 1 fully saturated rings. The zero-order valence-electron chi connectivity index (χ0n) is 17.5. The number of hydrogen-bond donors (Lipinski definition) is 0. The van der Waals surface area contributed by atoms with Crippen molar-refractivity contribution in [3.8, 4) is 5.75 Å². The molecule has 33 heavy (non-hydrogen) atoms. The number of halogens is 5. The van der Waals surface area contributed by atoms with Gasteiger partial charge in [0.25, 0.3) is 0 Å². The molecule has 0 spiro atoms. The molecular formula is C22H20F5NO4S. The molecule has 0 unspecified atom stereocenters. The van der Waals surface area contributed by atoms with Gasteiger partial charge in [-0.15, -0.1) is 0 Å². The first-order chi connectivity index (χ1) is 15.5. The second-order valence-electron chi connectivity index (χ2n) is 7.94. The minimum Gasteiger partial charge on any atom is -0.490 e. The summed E-state index contributed by atoms with van der Waals surface area (Å²) in [5.41, 5.74) is -0.909. The lowest BCUT2D eigenvalue weighted by atomic mass is 9.72. The Morgan fingerprint density at radius 2 is 1.79 bits per heavy atom. The van der Waals surface area contributed by atoms with Crippen LogP contribution in [-0.4, -0.2) is 27.3 Å². The van der Waals surface area contributed by atoms with E-state index < -0.39 is 60.1 Å². The van der Waals surface area contributed by atoms with Crippen molar-refractivity contribution in [2.24, 2.45) is 11.1 Å². The molecule has 0 aromatic heterocycles. The van der Waals surface area contributed by atoms with Crippen LogP contribution in [0, 0.1) is 17.6 Å². The van der Waals surface area contributed by atoms with Crippen LogP contribution in [0.2, 0.25) is 0 Å². The van der Waals surface area contributed by atoms with Crippen molar-refractivity contribution in [2.75, 3.05) is 13.2 Å². The van der Waals surface area contributed by atoms with Crippen LogP contribution in [0.5, 0.6) is 5.75 Å². The standard InChI is InChI=1S/C22H20F5NO4S/c1-2-32-28-15-9-10-21(33(29,30)16-5-3-13(4-6-16)22(25,26)27)14(11-15)12-31-20-18(24)8-7-17(23)19(20)21/h3-8,14H,2,9-12H2,1H3/b28-15-/t14-,21+/m1/s1. The van der Waals surface area contributed by atoms with Crippen LogP contribution in [0.15, 0.2) is 46.4 Å².